The van der Waals surface area contributed by atoms with Gasteiger partial charge in [-0.15, -0.1) is 11.3 Å². The van der Waals surface area contributed by atoms with Crippen molar-refractivity contribution in [2.24, 2.45) is 0 Å². The van der Waals surface area contributed by atoms with Gasteiger partial charge in [-0.1, -0.05) is 30.3 Å². The molecule has 1 aromatic heterocycles. The van der Waals surface area contributed by atoms with Crippen LogP contribution in [0.3, 0.4) is 0 Å². The molecular weight excluding hydrogens is 328 g/mol. The van der Waals surface area contributed by atoms with E-state index in [0.29, 0.717) is 11.4 Å². The molecular formula is C17H16N2O4S. The van der Waals surface area contributed by atoms with E-state index in [1.165, 1.54) is 18.3 Å². The van der Waals surface area contributed by atoms with Crippen molar-refractivity contribution in [3.8, 4) is 11.1 Å². The van der Waals surface area contributed by atoms with Crippen LogP contribution in [0.4, 0.5) is 4.79 Å². The number of benzene rings is 1. The van der Waals surface area contributed by atoms with Gasteiger partial charge in [0.05, 0.1) is 0 Å². The second-order valence-electron chi connectivity index (χ2n) is 5.30. The van der Waals surface area contributed by atoms with Gasteiger partial charge < -0.3 is 10.1 Å². The third-order valence-electron chi connectivity index (χ3n) is 3.69. The minimum Gasteiger partial charge on any atom is -0.448 e. The second-order valence-corrected chi connectivity index (χ2v) is 6.21. The molecule has 0 bridgehead atoms. The van der Waals surface area contributed by atoms with Crippen LogP contribution in [-0.2, 0) is 9.53 Å². The number of urea groups is 1. The highest BCUT2D eigenvalue weighted by Gasteiger charge is 2.32. The van der Waals surface area contributed by atoms with E-state index in [-0.39, 0.29) is 6.54 Å². The fraction of sp³-hybridized carbons (Fsp3) is 0.235. The molecule has 1 aliphatic rings. The van der Waals surface area contributed by atoms with Crippen LogP contribution in [0.15, 0.2) is 41.8 Å². The average Bonchev–Trinajstić information content (AvgIpc) is 3.23. The molecule has 2 aromatic rings. The molecule has 1 fully saturated rings. The Morgan fingerprint density at radius 2 is 2.00 bits per heavy atom. The maximum atomic E-state index is 12.4. The minimum absolute atomic E-state index is 0.286. The number of thiophene rings is 1. The van der Waals surface area contributed by atoms with Gasteiger partial charge in [-0.05, 0) is 23.9 Å². The highest BCUT2D eigenvalue weighted by Crippen LogP contribution is 2.29. The van der Waals surface area contributed by atoms with Crippen molar-refractivity contribution < 1.29 is 19.1 Å². The quantitative estimate of drug-likeness (QED) is 0.865. The van der Waals surface area contributed by atoms with Crippen molar-refractivity contribution in [1.82, 2.24) is 10.2 Å². The molecule has 1 aliphatic heterocycles. The molecule has 7 heteroatoms. The summed E-state index contributed by atoms with van der Waals surface area (Å²) in [5.41, 5.74) is 1.67. The number of carbonyl (C=O) groups excluding carboxylic acids is 3. The van der Waals surface area contributed by atoms with Gasteiger partial charge in [0.25, 0.3) is 5.91 Å². The molecule has 6 nitrogen and oxygen atoms in total. The van der Waals surface area contributed by atoms with Crippen molar-refractivity contribution in [2.75, 3.05) is 13.1 Å². The zero-order valence-corrected chi connectivity index (χ0v) is 13.8. The predicted octanol–water partition coefficient (Wildman–Crippen LogP) is 2.51. The van der Waals surface area contributed by atoms with Crippen LogP contribution in [0.25, 0.3) is 11.1 Å². The second kappa shape index (κ2) is 6.84. The van der Waals surface area contributed by atoms with Gasteiger partial charge >= 0.3 is 12.0 Å². The molecule has 124 valence electrons. The van der Waals surface area contributed by atoms with Crippen LogP contribution >= 0.6 is 11.3 Å². The lowest BCUT2D eigenvalue weighted by atomic mass is 10.1. The van der Waals surface area contributed by atoms with E-state index in [4.69, 9.17) is 4.74 Å². The number of rotatable bonds is 4. The number of carbonyl (C=O) groups is 3. The van der Waals surface area contributed by atoms with Crippen LogP contribution in [0.5, 0.6) is 0 Å². The van der Waals surface area contributed by atoms with Gasteiger partial charge in [0, 0.05) is 18.7 Å². The van der Waals surface area contributed by atoms with E-state index in [0.717, 1.165) is 16.0 Å². The van der Waals surface area contributed by atoms with Gasteiger partial charge in [0.2, 0.25) is 0 Å². The maximum Gasteiger partial charge on any atom is 0.349 e. The predicted molar refractivity (Wildman–Crippen MR) is 89.7 cm³/mol. The number of esters is 1. The molecule has 1 aromatic carbocycles. The summed E-state index contributed by atoms with van der Waals surface area (Å²) in [5, 5.41) is 4.35. The van der Waals surface area contributed by atoms with Crippen LogP contribution in [0, 0.1) is 0 Å². The van der Waals surface area contributed by atoms with Crippen molar-refractivity contribution in [1.29, 1.82) is 0 Å². The molecule has 0 saturated carbocycles. The zero-order chi connectivity index (χ0) is 17.1. The Bertz CT molecular complexity index is 772. The van der Waals surface area contributed by atoms with E-state index in [2.05, 4.69) is 5.32 Å². The van der Waals surface area contributed by atoms with Crippen molar-refractivity contribution in [3.05, 3.63) is 46.7 Å². The summed E-state index contributed by atoms with van der Waals surface area (Å²) in [6.07, 6.45) is -1.02. The van der Waals surface area contributed by atoms with Gasteiger partial charge in [-0.25, -0.2) is 9.59 Å². The molecule has 1 atom stereocenters. The molecule has 24 heavy (non-hydrogen) atoms. The molecule has 0 spiro atoms. The van der Waals surface area contributed by atoms with Crippen molar-refractivity contribution >= 4 is 29.2 Å². The number of imide groups is 1. The first-order valence-electron chi connectivity index (χ1n) is 7.51. The fourth-order valence-electron chi connectivity index (χ4n) is 2.48. The van der Waals surface area contributed by atoms with E-state index in [1.807, 2.05) is 36.4 Å². The highest BCUT2D eigenvalue weighted by molar-refractivity contribution is 7.12. The van der Waals surface area contributed by atoms with Crippen LogP contribution in [-0.4, -0.2) is 42.0 Å². The summed E-state index contributed by atoms with van der Waals surface area (Å²) in [5.74, 6) is -1.08. The lowest BCUT2D eigenvalue weighted by Crippen LogP contribution is -2.41. The van der Waals surface area contributed by atoms with Gasteiger partial charge in [-0.3, -0.25) is 9.69 Å². The van der Waals surface area contributed by atoms with E-state index < -0.39 is 24.0 Å². The normalized spacial score (nSPS) is 15.0. The highest BCUT2D eigenvalue weighted by atomic mass is 32.1. The molecule has 3 rings (SSSR count). The van der Waals surface area contributed by atoms with Gasteiger partial charge in [0.1, 0.15) is 4.88 Å². The SMILES string of the molecule is C[C@H](OC(=O)c1sccc1-c1ccccc1)C(=O)N1CCNC1=O. The summed E-state index contributed by atoms with van der Waals surface area (Å²) in [4.78, 5) is 37.7. The summed E-state index contributed by atoms with van der Waals surface area (Å²) in [6.45, 7) is 2.17. The van der Waals surface area contributed by atoms with Crippen molar-refractivity contribution in [3.63, 3.8) is 0 Å². The minimum atomic E-state index is -1.02. The van der Waals surface area contributed by atoms with Crippen LogP contribution in [0.1, 0.15) is 16.6 Å². The Morgan fingerprint density at radius 1 is 1.25 bits per heavy atom. The first-order valence-corrected chi connectivity index (χ1v) is 8.39. The number of hydrogen-bond donors (Lipinski definition) is 1. The summed E-state index contributed by atoms with van der Waals surface area (Å²) >= 11 is 1.26. The topological polar surface area (TPSA) is 75.7 Å². The standard InChI is InChI=1S/C17H16N2O4S/c1-11(15(20)19-9-8-18-17(19)22)23-16(21)14-13(7-10-24-14)12-5-3-2-4-6-12/h2-7,10-11H,8-9H2,1H3,(H,18,22)/t11-/m0/s1. The number of hydrogen-bond acceptors (Lipinski definition) is 5. The average molecular weight is 344 g/mol. The molecule has 0 aliphatic carbocycles. The van der Waals surface area contributed by atoms with Crippen molar-refractivity contribution in [2.45, 2.75) is 13.0 Å². The van der Waals surface area contributed by atoms with Crippen LogP contribution < -0.4 is 5.32 Å². The summed E-state index contributed by atoms with van der Waals surface area (Å²) in [6, 6.07) is 10.9. The molecule has 0 unspecified atom stereocenters. The maximum absolute atomic E-state index is 12.4. The molecule has 3 amide bonds. The van der Waals surface area contributed by atoms with Crippen LogP contribution in [0.2, 0.25) is 0 Å². The van der Waals surface area contributed by atoms with Gasteiger partial charge in [0.15, 0.2) is 6.10 Å². The monoisotopic (exact) mass is 344 g/mol. The lowest BCUT2D eigenvalue weighted by molar-refractivity contribution is -0.135. The molecule has 1 N–H and O–H groups in total. The van der Waals surface area contributed by atoms with E-state index in [9.17, 15) is 14.4 Å². The number of ether oxygens (including phenoxy) is 1. The number of nitrogens with one attached hydrogen (secondary N) is 1. The van der Waals surface area contributed by atoms with E-state index >= 15 is 0 Å². The Labute approximate surface area is 143 Å². The smallest absolute Gasteiger partial charge is 0.349 e. The Morgan fingerprint density at radius 3 is 2.67 bits per heavy atom. The Kier molecular flexibility index (Phi) is 4.61. The Hall–Kier alpha value is -2.67. The lowest BCUT2D eigenvalue weighted by Gasteiger charge is -2.18. The third kappa shape index (κ3) is 3.16. The molecule has 0 radical (unpaired) electrons. The number of amides is 3. The molecule has 1 saturated heterocycles. The van der Waals surface area contributed by atoms with E-state index in [1.54, 1.807) is 5.38 Å². The third-order valence-corrected chi connectivity index (χ3v) is 4.58. The Balaban J connectivity index is 1.73. The summed E-state index contributed by atoms with van der Waals surface area (Å²) < 4.78 is 5.28. The molecule has 2 heterocycles. The largest absolute Gasteiger partial charge is 0.448 e. The first-order chi connectivity index (χ1) is 11.6. The fourth-order valence-corrected chi connectivity index (χ4v) is 3.28. The zero-order valence-electron chi connectivity index (χ0n) is 13.0. The summed E-state index contributed by atoms with van der Waals surface area (Å²) in [7, 11) is 0. The van der Waals surface area contributed by atoms with Gasteiger partial charge in [-0.2, -0.15) is 0 Å². The number of nitrogens with zero attached hydrogens (tertiary/aromatic N) is 1. The first kappa shape index (κ1) is 16.2.